The maximum absolute atomic E-state index is 12.1. The van der Waals surface area contributed by atoms with Crippen molar-refractivity contribution in [2.24, 2.45) is 0 Å². The van der Waals surface area contributed by atoms with Gasteiger partial charge >= 0.3 is 5.97 Å². The Balaban J connectivity index is 2.24. The lowest BCUT2D eigenvalue weighted by atomic mass is 10.3. The molecule has 3 N–H and O–H groups in total. The van der Waals surface area contributed by atoms with E-state index in [1.165, 1.54) is 0 Å². The molecule has 104 valence electrons. The van der Waals surface area contributed by atoms with E-state index in [-0.39, 0.29) is 28.6 Å². The number of aryl methyl sites for hydroxylation is 1. The molecule has 1 saturated heterocycles. The van der Waals surface area contributed by atoms with E-state index in [0.717, 1.165) is 17.4 Å². The van der Waals surface area contributed by atoms with Crippen LogP contribution in [0, 0.1) is 6.92 Å². The first kappa shape index (κ1) is 14.0. The Labute approximate surface area is 113 Å². The van der Waals surface area contributed by atoms with E-state index in [9.17, 15) is 18.0 Å². The van der Waals surface area contributed by atoms with Crippen molar-refractivity contribution in [3.8, 4) is 0 Å². The Hall–Kier alpha value is -1.45. The van der Waals surface area contributed by atoms with Gasteiger partial charge in [0.25, 0.3) is 0 Å². The third kappa shape index (κ3) is 2.94. The van der Waals surface area contributed by atoms with Gasteiger partial charge < -0.3 is 10.4 Å². The van der Waals surface area contributed by atoms with Gasteiger partial charge in [-0.15, -0.1) is 11.3 Å². The van der Waals surface area contributed by atoms with Crippen LogP contribution in [0.1, 0.15) is 21.0 Å². The van der Waals surface area contributed by atoms with Crippen LogP contribution in [0.2, 0.25) is 0 Å². The summed E-state index contributed by atoms with van der Waals surface area (Å²) in [5.74, 6) is -1.37. The number of nitrogens with one attached hydrogen (secondary N) is 2. The normalized spacial score (nSPS) is 19.4. The number of sulfonamides is 1. The van der Waals surface area contributed by atoms with Crippen molar-refractivity contribution in [1.29, 1.82) is 0 Å². The van der Waals surface area contributed by atoms with Crippen molar-refractivity contribution in [1.82, 2.24) is 10.0 Å². The Morgan fingerprint density at radius 2 is 2.26 bits per heavy atom. The number of carbonyl (C=O) groups is 2. The summed E-state index contributed by atoms with van der Waals surface area (Å²) >= 11 is 0.907. The highest BCUT2D eigenvalue weighted by molar-refractivity contribution is 7.89. The zero-order valence-corrected chi connectivity index (χ0v) is 11.6. The largest absolute Gasteiger partial charge is 0.477 e. The number of carbonyl (C=O) groups excluding carboxylic acids is 1. The van der Waals surface area contributed by atoms with Gasteiger partial charge in [0.2, 0.25) is 15.9 Å². The topological polar surface area (TPSA) is 113 Å². The van der Waals surface area contributed by atoms with Crippen LogP contribution in [0.4, 0.5) is 0 Å². The van der Waals surface area contributed by atoms with E-state index in [1.54, 1.807) is 6.92 Å². The first-order valence-corrected chi connectivity index (χ1v) is 7.72. The SMILES string of the molecule is Cc1sc(C(=O)O)cc1S(=O)(=O)NC1CNC(=O)C1. The molecule has 1 aliphatic heterocycles. The molecule has 1 amide bonds. The van der Waals surface area contributed by atoms with Gasteiger partial charge in [-0.25, -0.2) is 17.9 Å². The first-order chi connectivity index (χ1) is 8.79. The van der Waals surface area contributed by atoms with E-state index in [2.05, 4.69) is 10.0 Å². The summed E-state index contributed by atoms with van der Waals surface area (Å²) in [6.45, 7) is 1.79. The molecule has 0 saturated carbocycles. The van der Waals surface area contributed by atoms with Crippen LogP contribution in [0.5, 0.6) is 0 Å². The smallest absolute Gasteiger partial charge is 0.345 e. The van der Waals surface area contributed by atoms with Crippen LogP contribution in [-0.2, 0) is 14.8 Å². The standard InChI is InChI=1S/C10H12N2O5S2/c1-5-8(3-7(18-5)10(14)15)19(16,17)12-6-2-9(13)11-4-6/h3,6,12H,2,4H2,1H3,(H,11,13)(H,14,15). The summed E-state index contributed by atoms with van der Waals surface area (Å²) in [5.41, 5.74) is 0. The second kappa shape index (κ2) is 4.91. The minimum Gasteiger partial charge on any atom is -0.477 e. The highest BCUT2D eigenvalue weighted by Crippen LogP contribution is 2.26. The molecule has 9 heteroatoms. The van der Waals surface area contributed by atoms with Gasteiger partial charge in [-0.1, -0.05) is 0 Å². The number of hydrogen-bond donors (Lipinski definition) is 3. The minimum absolute atomic E-state index is 0.0292. The van der Waals surface area contributed by atoms with E-state index in [1.807, 2.05) is 0 Å². The summed E-state index contributed by atoms with van der Waals surface area (Å²) in [5, 5.41) is 11.4. The molecule has 1 aromatic rings. The van der Waals surface area contributed by atoms with Crippen LogP contribution >= 0.6 is 11.3 Å². The quantitative estimate of drug-likeness (QED) is 0.720. The first-order valence-electron chi connectivity index (χ1n) is 5.42. The van der Waals surface area contributed by atoms with Crippen LogP contribution in [0.15, 0.2) is 11.0 Å². The monoisotopic (exact) mass is 304 g/mol. The molecule has 1 atom stereocenters. The fraction of sp³-hybridized carbons (Fsp3) is 0.400. The van der Waals surface area contributed by atoms with Crippen molar-refractivity contribution in [2.75, 3.05) is 6.54 Å². The Morgan fingerprint density at radius 1 is 1.58 bits per heavy atom. The second-order valence-electron chi connectivity index (χ2n) is 4.16. The van der Waals surface area contributed by atoms with Crippen molar-refractivity contribution < 1.29 is 23.1 Å². The zero-order chi connectivity index (χ0) is 14.2. The molecule has 2 rings (SSSR count). The highest BCUT2D eigenvalue weighted by Gasteiger charge is 2.29. The average Bonchev–Trinajstić information content (AvgIpc) is 2.85. The molecule has 7 nitrogen and oxygen atoms in total. The number of carboxylic acid groups (broad SMARTS) is 1. The molecule has 1 aliphatic rings. The molecule has 1 unspecified atom stereocenters. The van der Waals surface area contributed by atoms with Crippen LogP contribution in [0.25, 0.3) is 0 Å². The Morgan fingerprint density at radius 3 is 2.74 bits per heavy atom. The molecule has 0 radical (unpaired) electrons. The molecule has 0 aromatic carbocycles. The van der Waals surface area contributed by atoms with Gasteiger partial charge in [-0.3, -0.25) is 4.79 Å². The zero-order valence-electron chi connectivity index (χ0n) is 9.97. The Bertz CT molecular complexity index is 634. The van der Waals surface area contributed by atoms with E-state index in [0.29, 0.717) is 4.88 Å². The number of amides is 1. The number of carboxylic acids is 1. The third-order valence-corrected chi connectivity index (χ3v) is 5.49. The average molecular weight is 304 g/mol. The maximum atomic E-state index is 12.1. The van der Waals surface area contributed by atoms with Crippen LogP contribution in [-0.4, -0.2) is 38.0 Å². The highest BCUT2D eigenvalue weighted by atomic mass is 32.2. The fourth-order valence-electron chi connectivity index (χ4n) is 1.81. The minimum atomic E-state index is -3.81. The summed E-state index contributed by atoms with van der Waals surface area (Å²) in [7, 11) is -3.81. The van der Waals surface area contributed by atoms with Crippen LogP contribution < -0.4 is 10.0 Å². The molecule has 0 aliphatic carbocycles. The number of aromatic carboxylic acids is 1. The van der Waals surface area contributed by atoms with E-state index < -0.39 is 22.0 Å². The molecule has 1 fully saturated rings. The number of rotatable bonds is 4. The number of hydrogen-bond acceptors (Lipinski definition) is 5. The predicted molar refractivity (Wildman–Crippen MR) is 67.8 cm³/mol. The molecule has 0 spiro atoms. The molecular weight excluding hydrogens is 292 g/mol. The maximum Gasteiger partial charge on any atom is 0.345 e. The lowest BCUT2D eigenvalue weighted by Gasteiger charge is -2.10. The van der Waals surface area contributed by atoms with E-state index >= 15 is 0 Å². The summed E-state index contributed by atoms with van der Waals surface area (Å²) in [6, 6.07) is 0.638. The van der Waals surface area contributed by atoms with Gasteiger partial charge in [-0.2, -0.15) is 0 Å². The third-order valence-electron chi connectivity index (χ3n) is 2.67. The summed E-state index contributed by atoms with van der Waals surface area (Å²) in [4.78, 5) is 22.2. The van der Waals surface area contributed by atoms with Crippen molar-refractivity contribution >= 4 is 33.2 Å². The molecule has 1 aromatic heterocycles. The second-order valence-corrected chi connectivity index (χ2v) is 7.10. The van der Waals surface area contributed by atoms with Crippen molar-refractivity contribution in [3.05, 3.63) is 15.8 Å². The van der Waals surface area contributed by atoms with Crippen molar-refractivity contribution in [3.63, 3.8) is 0 Å². The van der Waals surface area contributed by atoms with Crippen molar-refractivity contribution in [2.45, 2.75) is 24.3 Å². The Kier molecular flexibility index (Phi) is 3.61. The molecule has 0 bridgehead atoms. The van der Waals surface area contributed by atoms with Gasteiger partial charge in [0.1, 0.15) is 4.88 Å². The molecule has 2 heterocycles. The lowest BCUT2D eigenvalue weighted by Crippen LogP contribution is -2.36. The summed E-state index contributed by atoms with van der Waals surface area (Å²) in [6.07, 6.45) is 0.0915. The van der Waals surface area contributed by atoms with Gasteiger partial charge in [0, 0.05) is 23.9 Å². The predicted octanol–water partition coefficient (Wildman–Crippen LogP) is -0.0785. The van der Waals surface area contributed by atoms with Gasteiger partial charge in [-0.05, 0) is 13.0 Å². The van der Waals surface area contributed by atoms with Gasteiger partial charge in [0.05, 0.1) is 4.90 Å². The number of thiophene rings is 1. The summed E-state index contributed by atoms with van der Waals surface area (Å²) < 4.78 is 26.6. The lowest BCUT2D eigenvalue weighted by molar-refractivity contribution is -0.119. The fourth-order valence-corrected chi connectivity index (χ4v) is 4.48. The molecular formula is C10H12N2O5S2. The van der Waals surface area contributed by atoms with Crippen LogP contribution in [0.3, 0.4) is 0 Å². The molecule has 19 heavy (non-hydrogen) atoms. The van der Waals surface area contributed by atoms with E-state index in [4.69, 9.17) is 5.11 Å². The van der Waals surface area contributed by atoms with Gasteiger partial charge in [0.15, 0.2) is 0 Å².